The number of fused-ring (bicyclic) bond motifs is 2. The van der Waals surface area contributed by atoms with Gasteiger partial charge in [-0.3, -0.25) is 14.9 Å². The molecule has 1 aliphatic heterocycles. The summed E-state index contributed by atoms with van der Waals surface area (Å²) in [6.45, 7) is 0.0571. The molecule has 6 nitrogen and oxygen atoms in total. The zero-order valence-electron chi connectivity index (χ0n) is 13.5. The zero-order valence-corrected chi connectivity index (χ0v) is 14.3. The predicted molar refractivity (Wildman–Crippen MR) is 99.8 cm³/mol. The van der Waals surface area contributed by atoms with E-state index in [1.807, 2.05) is 12.1 Å². The van der Waals surface area contributed by atoms with Crippen molar-refractivity contribution >= 4 is 34.0 Å². The topological polar surface area (TPSA) is 82.6 Å². The fraction of sp³-hybridized carbons (Fsp3) is 0.105. The highest BCUT2D eigenvalue weighted by atomic mass is 32.2. The number of hydrogen-bond donors (Lipinski definition) is 0. The first-order valence-electron chi connectivity index (χ1n) is 7.89. The van der Waals surface area contributed by atoms with Gasteiger partial charge in [0.1, 0.15) is 12.2 Å². The summed E-state index contributed by atoms with van der Waals surface area (Å²) >= 11 is 1.44. The van der Waals surface area contributed by atoms with Gasteiger partial charge in [0.2, 0.25) is 5.43 Å². The second kappa shape index (κ2) is 6.68. The molecule has 4 rings (SSSR count). The Hall–Kier alpha value is -3.06. The highest BCUT2D eigenvalue weighted by molar-refractivity contribution is 7.99. The monoisotopic (exact) mass is 367 g/mol. The predicted octanol–water partition coefficient (Wildman–Crippen LogP) is 4.27. The van der Waals surface area contributed by atoms with Crippen molar-refractivity contribution in [3.05, 3.63) is 80.5 Å². The molecule has 3 aromatic rings. The maximum absolute atomic E-state index is 12.9. The number of para-hydroxylation sites is 3. The molecule has 0 radical (unpaired) electrons. The smallest absolute Gasteiger partial charge is 0.310 e. The van der Waals surface area contributed by atoms with Gasteiger partial charge >= 0.3 is 5.69 Å². The van der Waals surface area contributed by atoms with E-state index >= 15 is 0 Å². The van der Waals surface area contributed by atoms with E-state index in [2.05, 4.69) is 0 Å². The molecule has 0 amide bonds. The number of nitro groups is 1. The molecule has 0 saturated carbocycles. The number of nitro benzene ring substituents is 1. The van der Waals surface area contributed by atoms with E-state index in [9.17, 15) is 14.9 Å². The van der Waals surface area contributed by atoms with Crippen LogP contribution in [0.4, 0.5) is 5.69 Å². The summed E-state index contributed by atoms with van der Waals surface area (Å²) < 4.78 is 11.5. The largest absolute Gasteiger partial charge is 0.482 e. The molecule has 0 N–H and O–H groups in total. The first-order chi connectivity index (χ1) is 12.6. The lowest BCUT2D eigenvalue weighted by Crippen LogP contribution is -2.16. The van der Waals surface area contributed by atoms with Crippen LogP contribution in [0.2, 0.25) is 0 Å². The van der Waals surface area contributed by atoms with Crippen LogP contribution >= 0.6 is 11.8 Å². The molecule has 0 saturated heterocycles. The lowest BCUT2D eigenvalue weighted by atomic mass is 10.1. The summed E-state index contributed by atoms with van der Waals surface area (Å²) in [5.41, 5.74) is 1.47. The first-order valence-corrected chi connectivity index (χ1v) is 8.88. The molecule has 0 aliphatic carbocycles. The molecule has 7 heteroatoms. The molecular weight excluding hydrogens is 354 g/mol. The second-order valence-corrected chi connectivity index (χ2v) is 6.64. The Morgan fingerprint density at radius 1 is 1.15 bits per heavy atom. The van der Waals surface area contributed by atoms with Gasteiger partial charge in [0.05, 0.1) is 15.9 Å². The van der Waals surface area contributed by atoms with Crippen LogP contribution < -0.4 is 10.2 Å². The minimum Gasteiger partial charge on any atom is -0.482 e. The third-order valence-electron chi connectivity index (χ3n) is 4.08. The summed E-state index contributed by atoms with van der Waals surface area (Å²) in [7, 11) is 0. The second-order valence-electron chi connectivity index (χ2n) is 5.64. The third kappa shape index (κ3) is 2.86. The molecule has 26 heavy (non-hydrogen) atoms. The van der Waals surface area contributed by atoms with Crippen molar-refractivity contribution in [2.45, 2.75) is 5.09 Å². The van der Waals surface area contributed by atoms with E-state index in [4.69, 9.17) is 9.15 Å². The summed E-state index contributed by atoms with van der Waals surface area (Å²) in [6.07, 6.45) is 1.90. The van der Waals surface area contributed by atoms with E-state index in [1.54, 1.807) is 36.4 Å². The highest BCUT2D eigenvalue weighted by Crippen LogP contribution is 2.34. The Kier molecular flexibility index (Phi) is 4.22. The van der Waals surface area contributed by atoms with Gasteiger partial charge in [-0.15, -0.1) is 0 Å². The molecule has 0 fully saturated rings. The lowest BCUT2D eigenvalue weighted by molar-refractivity contribution is -0.385. The zero-order chi connectivity index (χ0) is 18.1. The van der Waals surface area contributed by atoms with Gasteiger partial charge in [0, 0.05) is 17.4 Å². The first kappa shape index (κ1) is 16.4. The summed E-state index contributed by atoms with van der Waals surface area (Å²) in [5.74, 6) is 0.812. The Morgan fingerprint density at radius 3 is 2.77 bits per heavy atom. The summed E-state index contributed by atoms with van der Waals surface area (Å²) in [4.78, 5) is 23.5. The Labute approximate surface area is 152 Å². The van der Waals surface area contributed by atoms with Crippen molar-refractivity contribution in [3.63, 3.8) is 0 Å². The van der Waals surface area contributed by atoms with Crippen molar-refractivity contribution in [2.75, 3.05) is 12.4 Å². The number of nitrogens with zero attached hydrogens (tertiary/aromatic N) is 1. The SMILES string of the molecule is O=c1c2c(oc3ccccc13)SCC=C2COc1ccccc1[N+](=O)[O-]. The molecule has 0 atom stereocenters. The number of benzene rings is 2. The average molecular weight is 367 g/mol. The molecule has 1 aromatic heterocycles. The molecule has 2 heterocycles. The minimum atomic E-state index is -0.490. The van der Waals surface area contributed by atoms with E-state index < -0.39 is 4.92 Å². The van der Waals surface area contributed by atoms with Crippen molar-refractivity contribution in [1.82, 2.24) is 0 Å². The van der Waals surface area contributed by atoms with Crippen LogP contribution in [0.3, 0.4) is 0 Å². The number of rotatable bonds is 4. The standard InChI is InChI=1S/C19H13NO5S/c21-18-13-5-1-3-7-15(13)25-19-17(18)12(9-10-26-19)11-24-16-8-4-2-6-14(16)20(22)23/h1-9H,10-11H2. The summed E-state index contributed by atoms with van der Waals surface area (Å²) in [6, 6.07) is 13.3. The molecule has 0 spiro atoms. The molecular formula is C19H13NO5S. The number of ether oxygens (including phenoxy) is 1. The van der Waals surface area contributed by atoms with Crippen LogP contribution in [-0.4, -0.2) is 17.3 Å². The van der Waals surface area contributed by atoms with Crippen LogP contribution in [0.5, 0.6) is 5.75 Å². The lowest BCUT2D eigenvalue weighted by Gasteiger charge is -2.17. The van der Waals surface area contributed by atoms with Gasteiger partial charge in [-0.2, -0.15) is 0 Å². The minimum absolute atomic E-state index is 0.0571. The Morgan fingerprint density at radius 2 is 1.92 bits per heavy atom. The van der Waals surface area contributed by atoms with E-state index in [-0.39, 0.29) is 23.5 Å². The molecule has 2 aromatic carbocycles. The fourth-order valence-corrected chi connectivity index (χ4v) is 3.79. The number of hydrogen-bond acceptors (Lipinski definition) is 6. The van der Waals surface area contributed by atoms with Crippen LogP contribution in [-0.2, 0) is 0 Å². The van der Waals surface area contributed by atoms with Gasteiger partial charge in [-0.05, 0) is 18.2 Å². The number of thioether (sulfide) groups is 1. The van der Waals surface area contributed by atoms with E-state index in [0.29, 0.717) is 33.0 Å². The summed E-state index contributed by atoms with van der Waals surface area (Å²) in [5, 5.41) is 12.2. The van der Waals surface area contributed by atoms with Gasteiger partial charge in [-0.1, -0.05) is 42.1 Å². The Balaban J connectivity index is 1.70. The van der Waals surface area contributed by atoms with Crippen molar-refractivity contribution in [1.29, 1.82) is 0 Å². The van der Waals surface area contributed by atoms with Crippen molar-refractivity contribution in [3.8, 4) is 5.75 Å². The van der Waals surface area contributed by atoms with Crippen molar-refractivity contribution in [2.24, 2.45) is 0 Å². The quantitative estimate of drug-likeness (QED) is 0.506. The maximum atomic E-state index is 12.9. The van der Waals surface area contributed by atoms with Gasteiger partial charge < -0.3 is 9.15 Å². The average Bonchev–Trinajstić information content (AvgIpc) is 2.66. The molecule has 130 valence electrons. The highest BCUT2D eigenvalue weighted by Gasteiger charge is 2.23. The molecule has 0 unspecified atom stereocenters. The Bertz CT molecular complexity index is 1100. The van der Waals surface area contributed by atoms with Crippen LogP contribution in [0.15, 0.2) is 68.9 Å². The molecule has 0 bridgehead atoms. The fourth-order valence-electron chi connectivity index (χ4n) is 2.84. The van der Waals surface area contributed by atoms with Crippen LogP contribution in [0.1, 0.15) is 5.56 Å². The third-order valence-corrected chi connectivity index (χ3v) is 4.96. The van der Waals surface area contributed by atoms with E-state index in [0.717, 1.165) is 0 Å². The van der Waals surface area contributed by atoms with Crippen molar-refractivity contribution < 1.29 is 14.1 Å². The van der Waals surface area contributed by atoms with Crippen LogP contribution in [0, 0.1) is 10.1 Å². The van der Waals surface area contributed by atoms with Gasteiger partial charge in [0.15, 0.2) is 10.8 Å². The van der Waals surface area contributed by atoms with E-state index in [1.165, 1.54) is 17.8 Å². The van der Waals surface area contributed by atoms with Gasteiger partial charge in [-0.25, -0.2) is 0 Å². The maximum Gasteiger partial charge on any atom is 0.310 e. The normalized spacial score (nSPS) is 13.2. The van der Waals surface area contributed by atoms with Crippen LogP contribution in [0.25, 0.3) is 16.5 Å². The van der Waals surface area contributed by atoms with Gasteiger partial charge in [0.25, 0.3) is 0 Å². The molecule has 1 aliphatic rings.